The fraction of sp³-hybridized carbons (Fsp3) is 0.438. The molecule has 1 aliphatic heterocycles. The maximum absolute atomic E-state index is 10.5. The second-order valence-corrected chi connectivity index (χ2v) is 4.92. The summed E-state index contributed by atoms with van der Waals surface area (Å²) in [5.41, 5.74) is 1.90. The third-order valence-electron chi connectivity index (χ3n) is 3.22. The van der Waals surface area contributed by atoms with Crippen molar-refractivity contribution in [2.45, 2.75) is 32.0 Å². The summed E-state index contributed by atoms with van der Waals surface area (Å²) in [6, 6.07) is 7.67. The Kier molecular flexibility index (Phi) is 5.77. The lowest BCUT2D eigenvalue weighted by Gasteiger charge is -2.22. The zero-order chi connectivity index (χ0) is 14.2. The lowest BCUT2D eigenvalue weighted by molar-refractivity contribution is -0.131. The lowest BCUT2D eigenvalue weighted by atomic mass is 10.1. The molecule has 0 bridgehead atoms. The van der Waals surface area contributed by atoms with E-state index in [0.717, 1.165) is 36.7 Å². The summed E-state index contributed by atoms with van der Waals surface area (Å²) < 4.78 is 11.3. The Labute approximate surface area is 119 Å². The number of carbonyl (C=O) groups is 1. The topological polar surface area (TPSA) is 55.8 Å². The first-order chi connectivity index (χ1) is 9.74. The van der Waals surface area contributed by atoms with Crippen molar-refractivity contribution in [3.8, 4) is 0 Å². The van der Waals surface area contributed by atoms with Crippen molar-refractivity contribution in [2.24, 2.45) is 0 Å². The fourth-order valence-corrected chi connectivity index (χ4v) is 2.20. The Bertz CT molecular complexity index is 461. The number of carboxylic acid groups (broad SMARTS) is 1. The van der Waals surface area contributed by atoms with Gasteiger partial charge in [-0.05, 0) is 42.5 Å². The predicted molar refractivity (Wildman–Crippen MR) is 76.4 cm³/mol. The van der Waals surface area contributed by atoms with Crippen molar-refractivity contribution in [1.82, 2.24) is 0 Å². The van der Waals surface area contributed by atoms with Gasteiger partial charge in [0.15, 0.2) is 0 Å². The minimum atomic E-state index is -0.943. The average molecular weight is 276 g/mol. The minimum absolute atomic E-state index is 0.221. The second kappa shape index (κ2) is 7.82. The Balaban J connectivity index is 1.80. The predicted octanol–water partition coefficient (Wildman–Crippen LogP) is 2.87. The normalized spacial score (nSPS) is 19.3. The van der Waals surface area contributed by atoms with Gasteiger partial charge in [0.2, 0.25) is 0 Å². The van der Waals surface area contributed by atoms with E-state index in [-0.39, 0.29) is 6.10 Å². The summed E-state index contributed by atoms with van der Waals surface area (Å²) in [5, 5.41) is 8.60. The molecule has 0 amide bonds. The Hall–Kier alpha value is -1.65. The molecule has 1 unspecified atom stereocenters. The Morgan fingerprint density at radius 3 is 3.10 bits per heavy atom. The molecule has 0 spiro atoms. The molecule has 1 fully saturated rings. The van der Waals surface area contributed by atoms with Crippen LogP contribution in [0.3, 0.4) is 0 Å². The van der Waals surface area contributed by atoms with E-state index in [1.54, 1.807) is 6.08 Å². The molecule has 2 rings (SSSR count). The average Bonchev–Trinajstić information content (AvgIpc) is 2.47. The zero-order valence-electron chi connectivity index (χ0n) is 11.5. The molecule has 4 nitrogen and oxygen atoms in total. The molecule has 1 aliphatic rings. The van der Waals surface area contributed by atoms with Crippen LogP contribution in [0.5, 0.6) is 0 Å². The third kappa shape index (κ3) is 5.15. The molecular weight excluding hydrogens is 256 g/mol. The monoisotopic (exact) mass is 276 g/mol. The zero-order valence-corrected chi connectivity index (χ0v) is 11.5. The lowest BCUT2D eigenvalue weighted by Crippen LogP contribution is -2.24. The standard InChI is InChI=1S/C16H20O4/c17-16(18)8-7-13-4-3-5-14(10-13)11-19-12-15-6-1-2-9-20-15/h3-5,7-8,10,15H,1-2,6,9,11-12H2,(H,17,18). The Morgan fingerprint density at radius 1 is 1.45 bits per heavy atom. The molecule has 1 saturated heterocycles. The third-order valence-corrected chi connectivity index (χ3v) is 3.22. The van der Waals surface area contributed by atoms with Gasteiger partial charge in [0.25, 0.3) is 0 Å². The van der Waals surface area contributed by atoms with E-state index in [4.69, 9.17) is 14.6 Å². The smallest absolute Gasteiger partial charge is 0.328 e. The summed E-state index contributed by atoms with van der Waals surface area (Å²) in [7, 11) is 0. The highest BCUT2D eigenvalue weighted by atomic mass is 16.5. The molecule has 1 aromatic rings. The van der Waals surface area contributed by atoms with Gasteiger partial charge >= 0.3 is 5.97 Å². The van der Waals surface area contributed by atoms with Gasteiger partial charge < -0.3 is 14.6 Å². The van der Waals surface area contributed by atoms with Gasteiger partial charge in [-0.15, -0.1) is 0 Å². The van der Waals surface area contributed by atoms with Gasteiger partial charge in [-0.3, -0.25) is 0 Å². The number of rotatable bonds is 6. The van der Waals surface area contributed by atoms with Crippen LogP contribution in [0.2, 0.25) is 0 Å². The molecule has 1 N–H and O–H groups in total. The van der Waals surface area contributed by atoms with E-state index in [2.05, 4.69) is 0 Å². The van der Waals surface area contributed by atoms with E-state index in [1.165, 1.54) is 6.42 Å². The molecule has 0 radical (unpaired) electrons. The summed E-state index contributed by atoms with van der Waals surface area (Å²) in [4.78, 5) is 10.5. The number of hydrogen-bond acceptors (Lipinski definition) is 3. The molecular formula is C16H20O4. The molecule has 1 atom stereocenters. The van der Waals surface area contributed by atoms with Crippen LogP contribution in [0.4, 0.5) is 0 Å². The van der Waals surface area contributed by atoms with Crippen molar-refractivity contribution in [2.75, 3.05) is 13.2 Å². The molecule has 20 heavy (non-hydrogen) atoms. The van der Waals surface area contributed by atoms with E-state index in [0.29, 0.717) is 13.2 Å². The van der Waals surface area contributed by atoms with E-state index in [1.807, 2.05) is 24.3 Å². The van der Waals surface area contributed by atoms with Crippen molar-refractivity contribution in [3.63, 3.8) is 0 Å². The SMILES string of the molecule is O=C(O)C=Cc1cccc(COCC2CCCCO2)c1. The van der Waals surface area contributed by atoms with Crippen LogP contribution >= 0.6 is 0 Å². The number of ether oxygens (including phenoxy) is 2. The molecule has 1 heterocycles. The first kappa shape index (κ1) is 14.8. The van der Waals surface area contributed by atoms with E-state index in [9.17, 15) is 4.79 Å². The van der Waals surface area contributed by atoms with Crippen LogP contribution in [0.25, 0.3) is 6.08 Å². The van der Waals surface area contributed by atoms with Gasteiger partial charge in [0, 0.05) is 12.7 Å². The Morgan fingerprint density at radius 2 is 2.35 bits per heavy atom. The van der Waals surface area contributed by atoms with Crippen molar-refractivity contribution < 1.29 is 19.4 Å². The minimum Gasteiger partial charge on any atom is -0.478 e. The molecule has 0 saturated carbocycles. The second-order valence-electron chi connectivity index (χ2n) is 4.92. The largest absolute Gasteiger partial charge is 0.478 e. The van der Waals surface area contributed by atoms with Gasteiger partial charge in [-0.25, -0.2) is 4.79 Å². The molecule has 4 heteroatoms. The summed E-state index contributed by atoms with van der Waals surface area (Å²) in [6.07, 6.45) is 6.37. The van der Waals surface area contributed by atoms with E-state index >= 15 is 0 Å². The number of benzene rings is 1. The first-order valence-electron chi connectivity index (χ1n) is 6.93. The van der Waals surface area contributed by atoms with Crippen molar-refractivity contribution in [3.05, 3.63) is 41.5 Å². The fourth-order valence-electron chi connectivity index (χ4n) is 2.20. The van der Waals surface area contributed by atoms with Crippen LogP contribution in [0, 0.1) is 0 Å². The summed E-state index contributed by atoms with van der Waals surface area (Å²) >= 11 is 0. The highest BCUT2D eigenvalue weighted by Gasteiger charge is 2.13. The van der Waals surface area contributed by atoms with Gasteiger partial charge in [-0.2, -0.15) is 0 Å². The van der Waals surface area contributed by atoms with Gasteiger partial charge in [0.05, 0.1) is 19.3 Å². The highest BCUT2D eigenvalue weighted by molar-refractivity contribution is 5.85. The quantitative estimate of drug-likeness (QED) is 0.812. The molecule has 0 aliphatic carbocycles. The van der Waals surface area contributed by atoms with E-state index < -0.39 is 5.97 Å². The highest BCUT2D eigenvalue weighted by Crippen LogP contribution is 2.14. The van der Waals surface area contributed by atoms with Crippen LogP contribution in [0.1, 0.15) is 30.4 Å². The van der Waals surface area contributed by atoms with Crippen molar-refractivity contribution in [1.29, 1.82) is 0 Å². The first-order valence-corrected chi connectivity index (χ1v) is 6.93. The molecule has 1 aromatic carbocycles. The maximum atomic E-state index is 10.5. The number of aliphatic carboxylic acids is 1. The summed E-state index contributed by atoms with van der Waals surface area (Å²) in [5.74, 6) is -0.943. The van der Waals surface area contributed by atoms with Crippen molar-refractivity contribution >= 4 is 12.0 Å². The van der Waals surface area contributed by atoms with Crippen LogP contribution in [0.15, 0.2) is 30.3 Å². The molecule has 0 aromatic heterocycles. The van der Waals surface area contributed by atoms with Gasteiger partial charge in [0.1, 0.15) is 0 Å². The van der Waals surface area contributed by atoms with Crippen LogP contribution in [-0.4, -0.2) is 30.4 Å². The number of carboxylic acids is 1. The maximum Gasteiger partial charge on any atom is 0.328 e. The molecule has 108 valence electrons. The number of hydrogen-bond donors (Lipinski definition) is 1. The van der Waals surface area contributed by atoms with Crippen LogP contribution < -0.4 is 0 Å². The van der Waals surface area contributed by atoms with Crippen LogP contribution in [-0.2, 0) is 20.9 Å². The van der Waals surface area contributed by atoms with Gasteiger partial charge in [-0.1, -0.05) is 18.2 Å². The summed E-state index contributed by atoms with van der Waals surface area (Å²) in [6.45, 7) is 1.98.